The normalized spacial score (nSPS) is 9.00. The van der Waals surface area contributed by atoms with Crippen LogP contribution in [-0.2, 0) is 4.74 Å². The number of esters is 1. The Morgan fingerprint density at radius 1 is 1.06 bits per heavy atom. The summed E-state index contributed by atoms with van der Waals surface area (Å²) in [5, 5.41) is 0. The summed E-state index contributed by atoms with van der Waals surface area (Å²) in [6.45, 7) is 2.22. The molecule has 92 valence electrons. The van der Waals surface area contributed by atoms with Gasteiger partial charge in [-0.1, -0.05) is 30.3 Å². The average molecular weight is 273 g/mol. The Kier molecular flexibility index (Phi) is 6.62. The topological polar surface area (TPSA) is 26.3 Å². The van der Waals surface area contributed by atoms with Crippen molar-refractivity contribution < 1.29 is 9.53 Å². The molecule has 0 spiro atoms. The predicted octanol–water partition coefficient (Wildman–Crippen LogP) is 3.81. The molecule has 0 radical (unpaired) electrons. The highest BCUT2D eigenvalue weighted by Crippen LogP contribution is 2.25. The number of halogens is 2. The van der Waals surface area contributed by atoms with Crippen molar-refractivity contribution in [3.8, 4) is 11.1 Å². The first kappa shape index (κ1) is 15.8. The summed E-state index contributed by atoms with van der Waals surface area (Å²) in [6, 6.07) is 13.6. The minimum absolute atomic E-state index is 0. The third-order valence-electron chi connectivity index (χ3n) is 2.24. The van der Waals surface area contributed by atoms with Crippen molar-refractivity contribution in [3.63, 3.8) is 0 Å². The van der Waals surface area contributed by atoms with E-state index in [4.69, 9.17) is 4.74 Å². The smallest absolute Gasteiger partial charge is 0.338 e. The molecule has 17 heavy (non-hydrogen) atoms. The fourth-order valence-corrected chi connectivity index (χ4v) is 1.55. The summed E-state index contributed by atoms with van der Waals surface area (Å²) in [5.41, 5.74) is 2.74. The van der Waals surface area contributed by atoms with E-state index in [2.05, 4.69) is 0 Å². The Balaban J connectivity index is 0.00000128. The van der Waals surface area contributed by atoms with Crippen molar-refractivity contribution in [1.82, 2.24) is 0 Å². The summed E-state index contributed by atoms with van der Waals surface area (Å²) in [5.74, 6) is -0.253. The molecule has 0 aromatic rings. The van der Waals surface area contributed by atoms with Crippen LogP contribution in [0.25, 0.3) is 11.1 Å². The van der Waals surface area contributed by atoms with E-state index in [1.807, 2.05) is 42.5 Å². The molecule has 2 nitrogen and oxygen atoms in total. The van der Waals surface area contributed by atoms with Gasteiger partial charge in [0.25, 0.3) is 0 Å². The minimum atomic E-state index is -0.253. The van der Waals surface area contributed by atoms with Crippen molar-refractivity contribution in [2.45, 2.75) is 6.92 Å². The van der Waals surface area contributed by atoms with E-state index in [0.717, 1.165) is 11.1 Å². The van der Waals surface area contributed by atoms with Crippen molar-refractivity contribution in [1.29, 1.82) is 0 Å². The molecule has 0 unspecified atom stereocenters. The monoisotopic (exact) mass is 272 g/mol. The van der Waals surface area contributed by atoms with Gasteiger partial charge in [-0.15, -0.1) is 24.8 Å². The summed E-state index contributed by atoms with van der Waals surface area (Å²) >= 11 is 0. The van der Waals surface area contributed by atoms with E-state index in [1.165, 1.54) is 0 Å². The van der Waals surface area contributed by atoms with Crippen LogP contribution in [0.3, 0.4) is 0 Å². The first-order valence-corrected chi connectivity index (χ1v) is 4.97. The average Bonchev–Trinajstić information content (AvgIpc) is 2.51. The standard InChI is InChI=1S/C13H12O2.2ClH/c1-2-15-13(14)12-8-10-6-4-3-5-7-11(10)9-12;;/h3-9H,2H2,1H3;2*1H. The summed E-state index contributed by atoms with van der Waals surface area (Å²) < 4.78 is 4.94. The van der Waals surface area contributed by atoms with Crippen molar-refractivity contribution in [2.24, 2.45) is 0 Å². The molecule has 4 heteroatoms. The zero-order chi connectivity index (χ0) is 10.7. The Morgan fingerprint density at radius 3 is 2.06 bits per heavy atom. The van der Waals surface area contributed by atoms with Crippen LogP contribution in [0.2, 0.25) is 0 Å². The fraction of sp³-hybridized carbons (Fsp3) is 0.154. The molecule has 0 aromatic carbocycles. The summed E-state index contributed by atoms with van der Waals surface area (Å²) in [4.78, 5) is 11.5. The van der Waals surface area contributed by atoms with Gasteiger partial charge in [0.15, 0.2) is 0 Å². The molecule has 0 bridgehead atoms. The van der Waals surface area contributed by atoms with Crippen molar-refractivity contribution in [2.75, 3.05) is 6.61 Å². The van der Waals surface area contributed by atoms with Crippen LogP contribution in [0, 0.1) is 0 Å². The zero-order valence-electron chi connectivity index (χ0n) is 9.38. The van der Waals surface area contributed by atoms with Gasteiger partial charge >= 0.3 is 5.97 Å². The molecule has 0 N–H and O–H groups in total. The van der Waals surface area contributed by atoms with E-state index in [9.17, 15) is 4.79 Å². The van der Waals surface area contributed by atoms with E-state index in [-0.39, 0.29) is 30.8 Å². The molecule has 0 heterocycles. The maximum atomic E-state index is 11.5. The third kappa shape index (κ3) is 3.62. The summed E-state index contributed by atoms with van der Waals surface area (Å²) in [7, 11) is 0. The molecule has 0 aromatic heterocycles. The lowest BCUT2D eigenvalue weighted by Crippen LogP contribution is -2.02. The molecule has 2 aliphatic carbocycles. The molecule has 2 aliphatic rings. The van der Waals surface area contributed by atoms with Crippen molar-refractivity contribution >= 4 is 30.8 Å². The van der Waals surface area contributed by atoms with E-state index in [0.29, 0.717) is 12.2 Å². The Morgan fingerprint density at radius 2 is 1.59 bits per heavy atom. The maximum absolute atomic E-state index is 11.5. The molecular formula is C13H14Cl2O2. The number of hydrogen-bond donors (Lipinski definition) is 0. The second-order valence-corrected chi connectivity index (χ2v) is 3.29. The number of hydrogen-bond acceptors (Lipinski definition) is 2. The highest BCUT2D eigenvalue weighted by atomic mass is 35.5. The SMILES string of the molecule is CCOC(=O)c1cc2cccccc-2c1.Cl.Cl. The van der Waals surface area contributed by atoms with Gasteiger partial charge in [-0.3, -0.25) is 0 Å². The molecule has 2 rings (SSSR count). The maximum Gasteiger partial charge on any atom is 0.338 e. The van der Waals surface area contributed by atoms with Gasteiger partial charge in [0.1, 0.15) is 0 Å². The van der Waals surface area contributed by atoms with Crippen LogP contribution >= 0.6 is 24.8 Å². The largest absolute Gasteiger partial charge is 0.462 e. The lowest BCUT2D eigenvalue weighted by molar-refractivity contribution is 0.0527. The number of carbonyl (C=O) groups excluding carboxylic acids is 1. The first-order valence-electron chi connectivity index (χ1n) is 4.97. The van der Waals surface area contributed by atoms with Crippen LogP contribution in [0.5, 0.6) is 0 Å². The number of fused-ring (bicyclic) bond motifs is 1. The van der Waals surface area contributed by atoms with Crippen LogP contribution < -0.4 is 0 Å². The van der Waals surface area contributed by atoms with Crippen LogP contribution in [-0.4, -0.2) is 12.6 Å². The van der Waals surface area contributed by atoms with Crippen LogP contribution in [0.1, 0.15) is 17.3 Å². The van der Waals surface area contributed by atoms with Gasteiger partial charge in [-0.2, -0.15) is 0 Å². The number of ether oxygens (including phenoxy) is 1. The number of carbonyl (C=O) groups is 1. The quantitative estimate of drug-likeness (QED) is 0.778. The lowest BCUT2D eigenvalue weighted by atomic mass is 10.2. The molecular weight excluding hydrogens is 259 g/mol. The fourth-order valence-electron chi connectivity index (χ4n) is 1.55. The van der Waals surface area contributed by atoms with Gasteiger partial charge in [-0.25, -0.2) is 4.79 Å². The Bertz CT molecular complexity index is 426. The number of rotatable bonds is 2. The van der Waals surface area contributed by atoms with E-state index in [1.54, 1.807) is 6.92 Å². The molecule has 0 atom stereocenters. The Hall–Kier alpha value is -1.25. The van der Waals surface area contributed by atoms with Gasteiger partial charge in [-0.05, 0) is 30.2 Å². The van der Waals surface area contributed by atoms with Crippen LogP contribution in [0.4, 0.5) is 0 Å². The second kappa shape index (κ2) is 7.15. The van der Waals surface area contributed by atoms with Gasteiger partial charge in [0, 0.05) is 0 Å². The highest BCUT2D eigenvalue weighted by molar-refractivity contribution is 5.94. The molecule has 0 saturated carbocycles. The van der Waals surface area contributed by atoms with E-state index < -0.39 is 0 Å². The van der Waals surface area contributed by atoms with Gasteiger partial charge < -0.3 is 4.74 Å². The first-order chi connectivity index (χ1) is 7.31. The molecule has 0 aliphatic heterocycles. The zero-order valence-corrected chi connectivity index (χ0v) is 11.0. The third-order valence-corrected chi connectivity index (χ3v) is 2.24. The van der Waals surface area contributed by atoms with Gasteiger partial charge in [0.05, 0.1) is 12.2 Å². The summed E-state index contributed by atoms with van der Waals surface area (Å²) in [6.07, 6.45) is 0. The van der Waals surface area contributed by atoms with Crippen LogP contribution in [0.15, 0.2) is 42.5 Å². The van der Waals surface area contributed by atoms with Crippen molar-refractivity contribution in [3.05, 3.63) is 48.0 Å². The second-order valence-electron chi connectivity index (χ2n) is 3.29. The molecule has 0 fully saturated rings. The van der Waals surface area contributed by atoms with Gasteiger partial charge in [0.2, 0.25) is 0 Å². The lowest BCUT2D eigenvalue weighted by Gasteiger charge is -1.96. The Labute approximate surface area is 113 Å². The highest BCUT2D eigenvalue weighted by Gasteiger charge is 2.11. The van der Waals surface area contributed by atoms with E-state index >= 15 is 0 Å². The minimum Gasteiger partial charge on any atom is -0.462 e. The predicted molar refractivity (Wildman–Crippen MR) is 73.5 cm³/mol. The molecule has 0 amide bonds. The molecule has 0 saturated heterocycles.